The average molecular weight is 1130 g/mol. The number of rotatable bonds is 0. The minimum atomic E-state index is -0.152. The molecule has 10 aromatic rings. The van der Waals surface area contributed by atoms with Crippen LogP contribution in [0.2, 0.25) is 0 Å². The molecule has 0 aliphatic heterocycles. The second-order valence-electron chi connectivity index (χ2n) is 18.7. The smallest absolute Gasteiger partial charge is 0.323 e. The van der Waals surface area contributed by atoms with Crippen molar-refractivity contribution in [3.8, 4) is 0 Å². The second kappa shape index (κ2) is 43.9. The molecule has 0 saturated heterocycles. The molecule has 7 N–H and O–H groups in total. The number of hydrogen-bond donors (Lipinski definition) is 7. The number of imidazole rings is 2. The summed E-state index contributed by atoms with van der Waals surface area (Å²) < 4.78 is 0.682. The molecule has 0 spiro atoms. The van der Waals surface area contributed by atoms with Gasteiger partial charge in [-0.2, -0.15) is 20.5 Å². The molecule has 5 aromatic carbocycles. The third-order valence-corrected chi connectivity index (χ3v) is 7.09. The number of hydrogen-bond acceptors (Lipinski definition) is 5. The number of benzene rings is 5. The van der Waals surface area contributed by atoms with E-state index >= 15 is 0 Å². The minimum Gasteiger partial charge on any atom is -0.361 e. The van der Waals surface area contributed by atoms with Crippen molar-refractivity contribution in [1.82, 2.24) is 50.5 Å². The van der Waals surface area contributed by atoms with Crippen LogP contribution in [0.1, 0.15) is 129 Å². The summed E-state index contributed by atoms with van der Waals surface area (Å²) in [5, 5.41) is 19.5. The first kappa shape index (κ1) is 75.1. The van der Waals surface area contributed by atoms with Crippen LogP contribution >= 0.6 is 36.2 Å². The number of aromatic nitrogens is 10. The van der Waals surface area contributed by atoms with E-state index < -0.39 is 0 Å². The van der Waals surface area contributed by atoms with Crippen LogP contribution in [0, 0.1) is 34.4 Å². The number of nitrogens with zero attached hydrogens (tertiary/aromatic N) is 3. The molecule has 5 aromatic heterocycles. The summed E-state index contributed by atoms with van der Waals surface area (Å²) in [7, 11) is 0. The summed E-state index contributed by atoms with van der Waals surface area (Å²) in [6, 6.07) is 41.4. The highest BCUT2D eigenvalue weighted by atomic mass is 127. The average Bonchev–Trinajstić information content (AvgIpc) is 4.10. The van der Waals surface area contributed by atoms with Gasteiger partial charge in [0.15, 0.2) is 4.77 Å². The Morgan fingerprint density at radius 3 is 1.11 bits per heavy atom. The number of nitrogens with one attached hydrogen (secondary N) is 7. The van der Waals surface area contributed by atoms with Crippen molar-refractivity contribution in [3.63, 3.8) is 0 Å². The normalized spacial score (nSPS) is 9.22. The number of fused-ring (bicyclic) bond motifs is 5. The standard InChI is InChI=1S/C8H7N.C7H6N2O.C7H6N2S.C7H6N2.C6H5N3.5C4H10.3CH4.FH.HI.2H2/c1-2-4-8-7(3-1)5-6-9-8;2*10-7-8-5-3-1-2-4-6(5)9-7;1-2-4-7-6(3-1)5-8-9-7;1-2-4-6-5(3-1)7-9-8-6;5*1-4(2)3;;;;;;;/h1-6,9H;2*1-4H,(H2,8,9,10);1-5H,(H,8,9);1-4H,(H,7,8,9);5*4H,1-3H3;3*1H4;4*1H/i;;;;;;;;;;;;;;;1+1;. The molecular formula is C58H98FIN10OS. The Morgan fingerprint density at radius 1 is 0.444 bits per heavy atom. The van der Waals surface area contributed by atoms with Gasteiger partial charge in [-0.3, -0.25) is 9.80 Å². The van der Waals surface area contributed by atoms with Crippen LogP contribution in [0.25, 0.3) is 54.9 Å². The van der Waals surface area contributed by atoms with Gasteiger partial charge in [-0.15, -0.1) is 24.0 Å². The molecule has 0 radical (unpaired) electrons. The van der Waals surface area contributed by atoms with Crippen molar-refractivity contribution in [3.05, 3.63) is 155 Å². The fourth-order valence-electron chi connectivity index (χ4n) is 4.62. The zero-order valence-corrected chi connectivity index (χ0v) is 46.8. The lowest BCUT2D eigenvalue weighted by Gasteiger charge is -1.83. The third-order valence-electron chi connectivity index (χ3n) is 6.88. The Hall–Kier alpha value is -5.87. The highest BCUT2D eigenvalue weighted by Gasteiger charge is 1.93. The summed E-state index contributed by atoms with van der Waals surface area (Å²) >= 11 is 4.90. The molecule has 14 heteroatoms. The van der Waals surface area contributed by atoms with Crippen LogP contribution in [0.15, 0.2) is 145 Å². The summed E-state index contributed by atoms with van der Waals surface area (Å²) in [5.74, 6) is 4.17. The Kier molecular flexibility index (Phi) is 45.7. The van der Waals surface area contributed by atoms with Gasteiger partial charge >= 0.3 is 5.69 Å². The van der Waals surface area contributed by atoms with Crippen molar-refractivity contribution in [2.24, 2.45) is 29.6 Å². The second-order valence-corrected chi connectivity index (χ2v) is 19.2. The Bertz CT molecular complexity index is 2410. The van der Waals surface area contributed by atoms with Crippen LogP contribution in [0.4, 0.5) is 4.70 Å². The first-order valence-corrected chi connectivity index (χ1v) is 23.7. The highest BCUT2D eigenvalue weighted by Crippen LogP contribution is 2.10. The van der Waals surface area contributed by atoms with Crippen LogP contribution in [0.3, 0.4) is 0 Å². The van der Waals surface area contributed by atoms with Gasteiger partial charge in [-0.05, 0) is 102 Å². The number of halogens is 2. The van der Waals surface area contributed by atoms with E-state index in [0.717, 1.165) is 73.6 Å². The Balaban J connectivity index is -0.000000137. The molecular weight excluding hydrogens is 1030 g/mol. The maximum atomic E-state index is 10.7. The first-order chi connectivity index (χ1) is 31.8. The van der Waals surface area contributed by atoms with Crippen molar-refractivity contribution >= 4 is 91.1 Å². The Labute approximate surface area is 457 Å². The van der Waals surface area contributed by atoms with Gasteiger partial charge in [0.25, 0.3) is 0 Å². The molecule has 11 nitrogen and oxygen atoms in total. The fraction of sp³-hybridized carbons (Fsp3) is 0.397. The van der Waals surface area contributed by atoms with E-state index in [1.807, 2.05) is 122 Å². The maximum absolute atomic E-state index is 10.7. The molecule has 0 atom stereocenters. The third kappa shape index (κ3) is 37.0. The fourth-order valence-corrected chi connectivity index (χ4v) is 4.84. The predicted molar refractivity (Wildman–Crippen MR) is 336 cm³/mol. The predicted octanol–water partition coefficient (Wildman–Crippen LogP) is 19.3. The van der Waals surface area contributed by atoms with Crippen molar-refractivity contribution < 1.29 is 7.56 Å². The van der Waals surface area contributed by atoms with Gasteiger partial charge in [0.1, 0.15) is 11.0 Å². The summed E-state index contributed by atoms with van der Waals surface area (Å²) in [6.07, 6.45) is 3.76. The van der Waals surface area contributed by atoms with Gasteiger partial charge in [0, 0.05) is 20.0 Å². The maximum Gasteiger partial charge on any atom is 0.323 e. The molecule has 0 aliphatic rings. The number of H-pyrrole nitrogens is 7. The molecule has 0 fully saturated rings. The summed E-state index contributed by atoms with van der Waals surface area (Å²) in [5.41, 5.74) is 7.81. The van der Waals surface area contributed by atoms with E-state index in [1.165, 1.54) is 10.9 Å². The van der Waals surface area contributed by atoms with Crippen LogP contribution < -0.4 is 5.69 Å². The van der Waals surface area contributed by atoms with E-state index in [1.54, 1.807) is 0 Å². The van der Waals surface area contributed by atoms with Gasteiger partial charge in [0.2, 0.25) is 0 Å². The van der Waals surface area contributed by atoms with E-state index in [9.17, 15) is 4.79 Å². The van der Waals surface area contributed by atoms with Gasteiger partial charge in [0.05, 0.1) is 33.8 Å². The van der Waals surface area contributed by atoms with Crippen molar-refractivity contribution in [1.29, 1.82) is 0 Å². The van der Waals surface area contributed by atoms with Gasteiger partial charge < -0.3 is 24.9 Å². The van der Waals surface area contributed by atoms with Crippen molar-refractivity contribution in [2.45, 2.75) is 126 Å². The topological polar surface area (TPSA) is 166 Å². The van der Waals surface area contributed by atoms with Crippen LogP contribution in [-0.4, -0.2) is 50.5 Å². The molecule has 0 aliphatic carbocycles. The monoisotopic (exact) mass is 1130 g/mol. The lowest BCUT2D eigenvalue weighted by atomic mass is 10.3. The zero-order valence-electron chi connectivity index (χ0n) is 43.6. The minimum absolute atomic E-state index is 0. The SMILES string of the molecule is C.C.C.CC(C)C.CC(C)C.CC(C)C.CC(C)C.CC(C)C.F.I.O=c1[nH]c2ccccc2[nH]1.S=c1[nH]c2ccccc2[nH]1.[2HH].[HH].c1ccc2[nH]ccc2c1.c1ccc2[nH]ncc2c1.c1ccc2n[nH]nc2c1. The quantitative estimate of drug-likeness (QED) is 0.0592. The van der Waals surface area contributed by atoms with E-state index in [-0.39, 0.29) is 59.5 Å². The molecule has 0 saturated carbocycles. The van der Waals surface area contributed by atoms with E-state index in [4.69, 9.17) is 12.2 Å². The molecule has 406 valence electrons. The van der Waals surface area contributed by atoms with Gasteiger partial charge in [-0.1, -0.05) is 199 Å². The highest BCUT2D eigenvalue weighted by molar-refractivity contribution is 14.0. The summed E-state index contributed by atoms with van der Waals surface area (Å²) in [6.45, 7) is 32.5. The first-order valence-electron chi connectivity index (χ1n) is 23.3. The molecule has 0 unspecified atom stereocenters. The van der Waals surface area contributed by atoms with Crippen LogP contribution in [0.5, 0.6) is 0 Å². The van der Waals surface area contributed by atoms with E-state index in [0.29, 0.717) is 4.77 Å². The zero-order chi connectivity index (χ0) is 50.1. The lowest BCUT2D eigenvalue weighted by molar-refractivity contribution is 0.736. The number of aromatic amines is 7. The lowest BCUT2D eigenvalue weighted by Crippen LogP contribution is -1.99. The largest absolute Gasteiger partial charge is 0.361 e. The molecule has 72 heavy (non-hydrogen) atoms. The van der Waals surface area contributed by atoms with Crippen molar-refractivity contribution in [2.75, 3.05) is 0 Å². The summed E-state index contributed by atoms with van der Waals surface area (Å²) in [4.78, 5) is 25.1. The number of para-hydroxylation sites is 8. The molecule has 0 amide bonds. The van der Waals surface area contributed by atoms with Crippen LogP contribution in [-0.2, 0) is 0 Å². The van der Waals surface area contributed by atoms with Gasteiger partial charge in [-0.25, -0.2) is 4.79 Å². The molecule has 10 rings (SSSR count). The molecule has 0 bridgehead atoms. The molecule has 5 heterocycles. The Morgan fingerprint density at radius 2 is 0.750 bits per heavy atom. The van der Waals surface area contributed by atoms with E-state index in [2.05, 4.69) is 173 Å².